The molecule has 1 aromatic rings. The summed E-state index contributed by atoms with van der Waals surface area (Å²) in [4.78, 5) is 0. The van der Waals surface area contributed by atoms with Gasteiger partial charge in [-0.2, -0.15) is 0 Å². The first-order valence-electron chi connectivity index (χ1n) is 7.43. The fourth-order valence-electron chi connectivity index (χ4n) is 3.77. The summed E-state index contributed by atoms with van der Waals surface area (Å²) in [6.07, 6.45) is 13.7. The number of allylic oxidation sites excluding steroid dienone is 5. The molecule has 0 spiro atoms. The van der Waals surface area contributed by atoms with Crippen LogP contribution in [-0.4, -0.2) is 6.94 Å². The van der Waals surface area contributed by atoms with Crippen molar-refractivity contribution in [2.24, 2.45) is 0 Å². The van der Waals surface area contributed by atoms with E-state index in [0.29, 0.717) is 3.67 Å². The van der Waals surface area contributed by atoms with Gasteiger partial charge in [-0.05, 0) is 0 Å². The maximum Gasteiger partial charge on any atom is -0.147 e. The molecule has 1 unspecified atom stereocenters. The van der Waals surface area contributed by atoms with Crippen molar-refractivity contribution in [1.82, 2.24) is 0 Å². The summed E-state index contributed by atoms with van der Waals surface area (Å²) in [6, 6.07) is 8.78. The summed E-state index contributed by atoms with van der Waals surface area (Å²) in [7, 11) is 7.61. The zero-order valence-electron chi connectivity index (χ0n) is 12.8. The number of benzene rings is 1. The quantitative estimate of drug-likeness (QED) is 0.433. The van der Waals surface area contributed by atoms with E-state index in [9.17, 15) is 0 Å². The molecule has 0 bridgehead atoms. The fourth-order valence-corrected chi connectivity index (χ4v) is 32.9. The Bertz CT molecular complexity index is 706. The second kappa shape index (κ2) is 7.52. The second-order valence-electron chi connectivity index (χ2n) is 6.17. The summed E-state index contributed by atoms with van der Waals surface area (Å²) >= 11 is -3.58. The molecule has 1 aromatic carbocycles. The average molecular weight is 540 g/mol. The Kier molecular flexibility index (Phi) is 6.99. The van der Waals surface area contributed by atoms with Crippen LogP contribution in [-0.2, 0) is 15.9 Å². The molecule has 2 aliphatic carbocycles. The minimum absolute atomic E-state index is 0. The molecule has 1 atom stereocenters. The van der Waals surface area contributed by atoms with Crippen LogP contribution in [0.2, 0.25) is 4.18 Å². The van der Waals surface area contributed by atoms with Crippen molar-refractivity contribution < 1.29 is 15.9 Å². The molecule has 120 valence electrons. The van der Waals surface area contributed by atoms with Crippen molar-refractivity contribution in [2.45, 2.75) is 27.6 Å². The summed E-state index contributed by atoms with van der Waals surface area (Å²) in [5, 5.41) is 0. The average Bonchev–Trinajstić information content (AvgIpc) is 3.09. The molecule has 0 N–H and O–H groups in total. The van der Waals surface area contributed by atoms with Gasteiger partial charge in [0.1, 0.15) is 0 Å². The van der Waals surface area contributed by atoms with Gasteiger partial charge in [-0.15, -0.1) is 24.8 Å². The molecular formula is C17H23Cl3HfSi. The SMILES string of the molecule is CC[CH2][Hf](=[SiH2])([Cl])([C]1=CC=CC1)[CH]1C=Cc2ccccc21.Cl.Cl. The zero-order chi connectivity index (χ0) is 14.2. The smallest absolute Gasteiger partial charge is 0.147 e. The van der Waals surface area contributed by atoms with Gasteiger partial charge in [0.2, 0.25) is 0 Å². The molecule has 3 rings (SSSR count). The Balaban J connectivity index is 0.00000121. The molecule has 0 heterocycles. The Hall–Kier alpha value is 0.397. The number of rotatable bonds is 4. The molecule has 22 heavy (non-hydrogen) atoms. The van der Waals surface area contributed by atoms with Crippen LogP contribution in [0.15, 0.2) is 51.9 Å². The number of fused-ring (bicyclic) bond motifs is 1. The van der Waals surface area contributed by atoms with E-state index < -0.39 is 15.9 Å². The van der Waals surface area contributed by atoms with E-state index in [1.54, 1.807) is 3.33 Å². The van der Waals surface area contributed by atoms with E-state index in [-0.39, 0.29) is 24.8 Å². The van der Waals surface area contributed by atoms with Crippen LogP contribution in [0, 0.1) is 0 Å². The molecule has 0 saturated carbocycles. The molecule has 0 aliphatic heterocycles. The molecule has 0 fully saturated rings. The predicted octanol–water partition coefficient (Wildman–Crippen LogP) is 5.66. The van der Waals surface area contributed by atoms with Crippen LogP contribution in [0.1, 0.15) is 34.6 Å². The Morgan fingerprint density at radius 3 is 2.64 bits per heavy atom. The topological polar surface area (TPSA) is 0 Å². The first kappa shape index (κ1) is 20.4. The van der Waals surface area contributed by atoms with Crippen molar-refractivity contribution in [1.29, 1.82) is 0 Å². The summed E-state index contributed by atoms with van der Waals surface area (Å²) in [5.41, 5.74) is 2.84. The summed E-state index contributed by atoms with van der Waals surface area (Å²) in [6.45, 7) is 4.48. The van der Waals surface area contributed by atoms with Crippen LogP contribution < -0.4 is 0 Å². The van der Waals surface area contributed by atoms with Gasteiger partial charge in [-0.3, -0.25) is 0 Å². The van der Waals surface area contributed by atoms with Crippen molar-refractivity contribution in [3.05, 3.63) is 63.0 Å². The van der Waals surface area contributed by atoms with Gasteiger partial charge >= 0.3 is 128 Å². The van der Waals surface area contributed by atoms with Crippen LogP contribution in [0.3, 0.4) is 0 Å². The zero-order valence-corrected chi connectivity index (χ0v) is 20.2. The minimum Gasteiger partial charge on any atom is -0.147 e. The van der Waals surface area contributed by atoms with Crippen LogP contribution >= 0.6 is 33.4 Å². The molecular weight excluding hydrogens is 517 g/mol. The number of halogens is 3. The third-order valence-electron chi connectivity index (χ3n) is 4.83. The Morgan fingerprint density at radius 2 is 2.00 bits per heavy atom. The van der Waals surface area contributed by atoms with Gasteiger partial charge in [-0.1, -0.05) is 0 Å². The molecule has 0 radical (unpaired) electrons. The maximum absolute atomic E-state index is 7.61. The van der Waals surface area contributed by atoms with E-state index in [2.05, 4.69) is 68.5 Å². The third-order valence-corrected chi connectivity index (χ3v) is 39.9. The second-order valence-corrected chi connectivity index (χ2v) is 48.8. The molecule has 0 amide bonds. The van der Waals surface area contributed by atoms with Gasteiger partial charge in [0.15, 0.2) is 0 Å². The summed E-state index contributed by atoms with van der Waals surface area (Å²) in [5.74, 6) is 0. The normalized spacial score (nSPS) is 19.2. The molecule has 0 saturated heterocycles. The number of hydrogen-bond acceptors (Lipinski definition) is 0. The van der Waals surface area contributed by atoms with E-state index in [4.69, 9.17) is 8.58 Å². The molecule has 5 heteroatoms. The van der Waals surface area contributed by atoms with Crippen LogP contribution in [0.4, 0.5) is 0 Å². The van der Waals surface area contributed by atoms with Gasteiger partial charge in [0, 0.05) is 0 Å². The maximum atomic E-state index is 7.61. The molecule has 0 nitrogen and oxygen atoms in total. The predicted molar refractivity (Wildman–Crippen MR) is 104 cm³/mol. The van der Waals surface area contributed by atoms with Crippen molar-refractivity contribution in [2.75, 3.05) is 0 Å². The Labute approximate surface area is 152 Å². The molecule has 0 aromatic heterocycles. The van der Waals surface area contributed by atoms with Crippen LogP contribution in [0.25, 0.3) is 6.08 Å². The van der Waals surface area contributed by atoms with E-state index in [1.807, 2.05) is 0 Å². The van der Waals surface area contributed by atoms with Crippen LogP contribution in [0.5, 0.6) is 0 Å². The Morgan fingerprint density at radius 1 is 1.27 bits per heavy atom. The number of hydrogen-bond donors (Lipinski definition) is 0. The van der Waals surface area contributed by atoms with Gasteiger partial charge < -0.3 is 0 Å². The standard InChI is InChI=1S/C9H7.C5H5.C3H7.3ClH.Hf.H2Si/c1-2-5-9-7-3-6-8(9)4-1;1-2-4-5-3-1;1-3-2;;;;;/h1-7H;1-3H,4H2;1,3H2,2H3;3*1H;;1H2/q;;;;;;+1;/p-1. The van der Waals surface area contributed by atoms with E-state index in [1.165, 1.54) is 21.7 Å². The van der Waals surface area contributed by atoms with Gasteiger partial charge in [0.05, 0.1) is 0 Å². The van der Waals surface area contributed by atoms with E-state index >= 15 is 0 Å². The first-order valence-corrected chi connectivity index (χ1v) is 26.6. The van der Waals surface area contributed by atoms with Crippen molar-refractivity contribution >= 4 is 46.4 Å². The monoisotopic (exact) mass is 540 g/mol. The fraction of sp³-hybridized carbons (Fsp3) is 0.294. The van der Waals surface area contributed by atoms with Gasteiger partial charge in [-0.25, -0.2) is 0 Å². The first-order chi connectivity index (χ1) is 9.55. The van der Waals surface area contributed by atoms with Crippen molar-refractivity contribution in [3.63, 3.8) is 0 Å². The third kappa shape index (κ3) is 3.28. The van der Waals surface area contributed by atoms with E-state index in [0.717, 1.165) is 6.42 Å². The summed E-state index contributed by atoms with van der Waals surface area (Å²) < 4.78 is 3.28. The largest absolute Gasteiger partial charge is 0.147 e. The van der Waals surface area contributed by atoms with Crippen molar-refractivity contribution in [3.8, 4) is 0 Å². The molecule has 2 aliphatic rings. The van der Waals surface area contributed by atoms with Gasteiger partial charge in [0.25, 0.3) is 0 Å². The minimum atomic E-state index is -3.58.